The topological polar surface area (TPSA) is 36.7 Å². The summed E-state index contributed by atoms with van der Waals surface area (Å²) in [5, 5.41) is 0. The maximum absolute atomic E-state index is 13.8. The third-order valence-electron chi connectivity index (χ3n) is 4.43. The summed E-state index contributed by atoms with van der Waals surface area (Å²) in [6, 6.07) is 10.0. The summed E-state index contributed by atoms with van der Waals surface area (Å²) in [5.74, 6) is 3.61. The van der Waals surface area contributed by atoms with Crippen LogP contribution in [0.15, 0.2) is 40.8 Å². The van der Waals surface area contributed by atoms with Crippen LogP contribution in [-0.4, -0.2) is 48.4 Å². The lowest BCUT2D eigenvalue weighted by Crippen LogP contribution is -2.48. The fourth-order valence-corrected chi connectivity index (χ4v) is 2.99. The van der Waals surface area contributed by atoms with Gasteiger partial charge in [0.15, 0.2) is 0 Å². The van der Waals surface area contributed by atoms with Crippen LogP contribution >= 0.6 is 0 Å². The van der Waals surface area contributed by atoms with E-state index in [0.29, 0.717) is 49.6 Å². The van der Waals surface area contributed by atoms with Crippen molar-refractivity contribution in [2.45, 2.75) is 12.8 Å². The first-order valence-corrected chi connectivity index (χ1v) is 8.44. The molecule has 1 aliphatic heterocycles. The standard InChI is InChI=1S/C20H21FN2O2/c1-2-11-22-12-14-23(15-13-22)20(24)10-8-16-7-9-19(25-16)17-5-3-4-6-18(17)21/h1,3-7,9H,8,10-15H2. The van der Waals surface area contributed by atoms with Gasteiger partial charge in [-0.05, 0) is 24.3 Å². The number of aryl methyl sites for hydroxylation is 1. The lowest BCUT2D eigenvalue weighted by molar-refractivity contribution is -0.132. The van der Waals surface area contributed by atoms with Gasteiger partial charge >= 0.3 is 0 Å². The molecule has 0 radical (unpaired) electrons. The summed E-state index contributed by atoms with van der Waals surface area (Å²) in [7, 11) is 0. The first-order valence-electron chi connectivity index (χ1n) is 8.44. The Morgan fingerprint density at radius 3 is 2.64 bits per heavy atom. The molecule has 1 aromatic carbocycles. The van der Waals surface area contributed by atoms with Crippen LogP contribution in [0.4, 0.5) is 4.39 Å². The van der Waals surface area contributed by atoms with Crippen LogP contribution in [0.1, 0.15) is 12.2 Å². The second kappa shape index (κ2) is 8.00. The number of benzene rings is 1. The minimum Gasteiger partial charge on any atom is -0.461 e. The molecule has 0 spiro atoms. The number of furan rings is 1. The summed E-state index contributed by atoms with van der Waals surface area (Å²) in [6.45, 7) is 3.67. The molecule has 1 aliphatic rings. The van der Waals surface area contributed by atoms with Crippen LogP contribution in [0.25, 0.3) is 11.3 Å². The number of piperazine rings is 1. The van der Waals surface area contributed by atoms with Gasteiger partial charge in [-0.1, -0.05) is 18.1 Å². The molecule has 25 heavy (non-hydrogen) atoms. The Kier molecular flexibility index (Phi) is 5.52. The maximum Gasteiger partial charge on any atom is 0.223 e. The van der Waals surface area contributed by atoms with E-state index in [-0.39, 0.29) is 11.7 Å². The highest BCUT2D eigenvalue weighted by Gasteiger charge is 2.20. The fourth-order valence-electron chi connectivity index (χ4n) is 2.99. The predicted molar refractivity (Wildman–Crippen MR) is 94.3 cm³/mol. The average Bonchev–Trinajstić information content (AvgIpc) is 3.10. The molecule has 1 saturated heterocycles. The molecule has 3 rings (SSSR count). The summed E-state index contributed by atoms with van der Waals surface area (Å²) in [6.07, 6.45) is 6.21. The number of amides is 1. The summed E-state index contributed by atoms with van der Waals surface area (Å²) < 4.78 is 19.5. The Morgan fingerprint density at radius 2 is 1.92 bits per heavy atom. The number of hydrogen-bond acceptors (Lipinski definition) is 3. The highest BCUT2D eigenvalue weighted by Crippen LogP contribution is 2.25. The Balaban J connectivity index is 1.52. The van der Waals surface area contributed by atoms with Gasteiger partial charge in [0.25, 0.3) is 0 Å². The van der Waals surface area contributed by atoms with Crippen LogP contribution in [0.2, 0.25) is 0 Å². The normalized spacial score (nSPS) is 15.1. The van der Waals surface area contributed by atoms with E-state index in [4.69, 9.17) is 10.8 Å². The predicted octanol–water partition coefficient (Wildman–Crippen LogP) is 2.80. The van der Waals surface area contributed by atoms with Crippen LogP contribution in [-0.2, 0) is 11.2 Å². The molecular weight excluding hydrogens is 319 g/mol. The number of hydrogen-bond donors (Lipinski definition) is 0. The largest absolute Gasteiger partial charge is 0.461 e. The van der Waals surface area contributed by atoms with Crippen molar-refractivity contribution in [3.63, 3.8) is 0 Å². The quantitative estimate of drug-likeness (QED) is 0.786. The van der Waals surface area contributed by atoms with Crippen LogP contribution in [0, 0.1) is 18.2 Å². The van der Waals surface area contributed by atoms with Crippen molar-refractivity contribution in [2.24, 2.45) is 0 Å². The van der Waals surface area contributed by atoms with Gasteiger partial charge in [0.05, 0.1) is 12.1 Å². The lowest BCUT2D eigenvalue weighted by atomic mass is 10.1. The van der Waals surface area contributed by atoms with E-state index >= 15 is 0 Å². The number of carbonyl (C=O) groups is 1. The van der Waals surface area contributed by atoms with E-state index in [1.807, 2.05) is 4.90 Å². The van der Waals surface area contributed by atoms with Gasteiger partial charge in [-0.25, -0.2) is 4.39 Å². The van der Waals surface area contributed by atoms with Crippen LogP contribution in [0.5, 0.6) is 0 Å². The molecule has 0 atom stereocenters. The molecule has 0 aliphatic carbocycles. The SMILES string of the molecule is C#CCN1CCN(C(=O)CCc2ccc(-c3ccccc3F)o2)CC1. The van der Waals surface area contributed by atoms with Crippen LogP contribution in [0.3, 0.4) is 0 Å². The number of rotatable bonds is 5. The number of halogens is 1. The molecule has 130 valence electrons. The van der Waals surface area contributed by atoms with Gasteiger partial charge in [0.2, 0.25) is 5.91 Å². The highest BCUT2D eigenvalue weighted by atomic mass is 19.1. The summed E-state index contributed by atoms with van der Waals surface area (Å²) in [5.41, 5.74) is 0.435. The lowest BCUT2D eigenvalue weighted by Gasteiger charge is -2.33. The molecule has 0 saturated carbocycles. The van der Waals surface area contributed by atoms with Crippen molar-refractivity contribution in [1.29, 1.82) is 0 Å². The number of nitrogens with zero attached hydrogens (tertiary/aromatic N) is 2. The zero-order valence-corrected chi connectivity index (χ0v) is 14.1. The van der Waals surface area contributed by atoms with E-state index in [9.17, 15) is 9.18 Å². The van der Waals surface area contributed by atoms with Gasteiger partial charge in [-0.2, -0.15) is 0 Å². The molecule has 0 unspecified atom stereocenters. The maximum atomic E-state index is 13.8. The molecule has 1 fully saturated rings. The second-order valence-corrected chi connectivity index (χ2v) is 6.11. The summed E-state index contributed by atoms with van der Waals surface area (Å²) in [4.78, 5) is 16.4. The zero-order valence-electron chi connectivity index (χ0n) is 14.1. The minimum atomic E-state index is -0.315. The van der Waals surface area contributed by atoms with Gasteiger partial charge in [-0.3, -0.25) is 9.69 Å². The molecule has 2 heterocycles. The third-order valence-corrected chi connectivity index (χ3v) is 4.43. The third kappa shape index (κ3) is 4.28. The van der Waals surface area contributed by atoms with E-state index in [1.165, 1.54) is 6.07 Å². The Morgan fingerprint density at radius 1 is 1.16 bits per heavy atom. The first kappa shape index (κ1) is 17.2. The fraction of sp³-hybridized carbons (Fsp3) is 0.350. The highest BCUT2D eigenvalue weighted by molar-refractivity contribution is 5.76. The molecule has 2 aromatic rings. The van der Waals surface area contributed by atoms with Gasteiger partial charge < -0.3 is 9.32 Å². The zero-order chi connectivity index (χ0) is 17.6. The summed E-state index contributed by atoms with van der Waals surface area (Å²) >= 11 is 0. The van der Waals surface area contributed by atoms with Gasteiger partial charge in [0, 0.05) is 39.0 Å². The van der Waals surface area contributed by atoms with E-state index in [1.54, 1.807) is 30.3 Å². The Bertz CT molecular complexity index is 770. The van der Waals surface area contributed by atoms with E-state index in [2.05, 4.69) is 10.8 Å². The molecule has 5 heteroatoms. The Hall–Kier alpha value is -2.58. The number of terminal acetylenes is 1. The molecule has 4 nitrogen and oxygen atoms in total. The van der Waals surface area contributed by atoms with Gasteiger partial charge in [0.1, 0.15) is 17.3 Å². The molecule has 1 amide bonds. The van der Waals surface area contributed by atoms with Gasteiger partial charge in [-0.15, -0.1) is 6.42 Å². The van der Waals surface area contributed by atoms with Crippen molar-refractivity contribution in [2.75, 3.05) is 32.7 Å². The second-order valence-electron chi connectivity index (χ2n) is 6.11. The molecular formula is C20H21FN2O2. The van der Waals surface area contributed by atoms with E-state index < -0.39 is 0 Å². The van der Waals surface area contributed by atoms with E-state index in [0.717, 1.165) is 13.1 Å². The minimum absolute atomic E-state index is 0.115. The molecule has 0 N–H and O–H groups in total. The Labute approximate surface area is 147 Å². The first-order chi connectivity index (χ1) is 12.2. The van der Waals surface area contributed by atoms with Crippen molar-refractivity contribution in [3.05, 3.63) is 48.0 Å². The number of carbonyl (C=O) groups excluding carboxylic acids is 1. The molecule has 1 aromatic heterocycles. The van der Waals surface area contributed by atoms with Crippen molar-refractivity contribution in [3.8, 4) is 23.7 Å². The average molecular weight is 340 g/mol. The van der Waals surface area contributed by atoms with Crippen molar-refractivity contribution >= 4 is 5.91 Å². The monoisotopic (exact) mass is 340 g/mol. The van der Waals surface area contributed by atoms with Crippen molar-refractivity contribution in [1.82, 2.24) is 9.80 Å². The van der Waals surface area contributed by atoms with Crippen molar-refractivity contribution < 1.29 is 13.6 Å². The molecule has 0 bridgehead atoms. The van der Waals surface area contributed by atoms with Crippen LogP contribution < -0.4 is 0 Å². The smallest absolute Gasteiger partial charge is 0.223 e.